The molecule has 4 rings (SSSR count). The van der Waals surface area contributed by atoms with Crippen LogP contribution in [0.5, 0.6) is 0 Å². The van der Waals surface area contributed by atoms with E-state index in [1.54, 1.807) is 30.5 Å². The van der Waals surface area contributed by atoms with Gasteiger partial charge in [-0.2, -0.15) is 15.1 Å². The van der Waals surface area contributed by atoms with Crippen LogP contribution in [0.2, 0.25) is 0 Å². The van der Waals surface area contributed by atoms with Crippen LogP contribution in [0.4, 0.5) is 26.2 Å². The molecule has 0 saturated carbocycles. The maximum absolute atomic E-state index is 14.6. The Morgan fingerprint density at radius 3 is 2.81 bits per heavy atom. The van der Waals surface area contributed by atoms with E-state index >= 15 is 0 Å². The molecular weight excluding hydrogens is 408 g/mol. The van der Waals surface area contributed by atoms with E-state index in [0.29, 0.717) is 22.7 Å². The first-order chi connectivity index (χ1) is 14.7. The number of hydrogen-bond donors (Lipinski definition) is 2. The van der Waals surface area contributed by atoms with Crippen LogP contribution in [-0.4, -0.2) is 60.3 Å². The van der Waals surface area contributed by atoms with Gasteiger partial charge in [-0.3, -0.25) is 9.48 Å². The average Bonchev–Trinajstić information content (AvgIpc) is 3.39. The minimum atomic E-state index is -3.15. The van der Waals surface area contributed by atoms with Gasteiger partial charge in [-0.25, -0.2) is 13.8 Å². The van der Waals surface area contributed by atoms with Crippen LogP contribution in [0, 0.1) is 0 Å². The zero-order valence-corrected chi connectivity index (χ0v) is 17.4. The molecule has 0 aliphatic carbocycles. The fraction of sp³-hybridized carbons (Fsp3) is 0.421. The van der Waals surface area contributed by atoms with Crippen molar-refractivity contribution in [2.75, 3.05) is 23.3 Å². The predicted molar refractivity (Wildman–Crippen MR) is 111 cm³/mol. The van der Waals surface area contributed by atoms with Crippen molar-refractivity contribution in [1.82, 2.24) is 34.6 Å². The predicted octanol–water partition coefficient (Wildman–Crippen LogP) is 2.01. The summed E-state index contributed by atoms with van der Waals surface area (Å²) in [7, 11) is 1.78. The van der Waals surface area contributed by atoms with Crippen LogP contribution in [0.1, 0.15) is 19.9 Å². The summed E-state index contributed by atoms with van der Waals surface area (Å²) in [6, 6.07) is -1.32. The third-order valence-electron chi connectivity index (χ3n) is 5.03. The summed E-state index contributed by atoms with van der Waals surface area (Å²) >= 11 is 0. The third kappa shape index (κ3) is 3.92. The molecule has 0 aromatic carbocycles. The maximum atomic E-state index is 14.6. The minimum Gasteiger partial charge on any atom is -0.342 e. The van der Waals surface area contributed by atoms with Crippen LogP contribution in [0.15, 0.2) is 31.4 Å². The van der Waals surface area contributed by atoms with Gasteiger partial charge >= 0.3 is 0 Å². The van der Waals surface area contributed by atoms with E-state index < -0.39 is 24.4 Å². The molecule has 4 heterocycles. The molecular formula is C19H23F2N9O. The van der Waals surface area contributed by atoms with Crippen LogP contribution >= 0.6 is 0 Å². The molecule has 164 valence electrons. The van der Waals surface area contributed by atoms with Crippen molar-refractivity contribution in [3.63, 3.8) is 0 Å². The Morgan fingerprint density at radius 1 is 1.39 bits per heavy atom. The van der Waals surface area contributed by atoms with E-state index in [9.17, 15) is 13.6 Å². The lowest BCUT2D eigenvalue weighted by molar-refractivity contribution is -0.119. The van der Waals surface area contributed by atoms with Crippen LogP contribution < -0.4 is 15.5 Å². The number of imidazole rings is 1. The summed E-state index contributed by atoms with van der Waals surface area (Å²) < 4.78 is 32.6. The van der Waals surface area contributed by atoms with E-state index in [0.717, 1.165) is 6.08 Å². The number of carbonyl (C=O) groups is 1. The Kier molecular flexibility index (Phi) is 5.07. The van der Waals surface area contributed by atoms with Gasteiger partial charge in [-0.15, -0.1) is 0 Å². The first-order valence-corrected chi connectivity index (χ1v) is 9.74. The SMILES string of the molecule is C=CC(=O)N[C@@H]1CN(c2nc(Nc3cnn(C)c3)c3ncn(C(C)C)c3n2)CC1(F)F. The molecule has 1 aliphatic heterocycles. The zero-order valence-electron chi connectivity index (χ0n) is 17.4. The second kappa shape index (κ2) is 7.60. The van der Waals surface area contributed by atoms with Gasteiger partial charge in [-0.1, -0.05) is 6.58 Å². The fourth-order valence-electron chi connectivity index (χ4n) is 3.45. The van der Waals surface area contributed by atoms with Crippen molar-refractivity contribution in [2.45, 2.75) is 31.9 Å². The molecule has 0 unspecified atom stereocenters. The topological polar surface area (TPSA) is 106 Å². The van der Waals surface area contributed by atoms with Gasteiger partial charge < -0.3 is 20.1 Å². The Balaban J connectivity index is 1.74. The van der Waals surface area contributed by atoms with Crippen molar-refractivity contribution in [3.05, 3.63) is 31.4 Å². The van der Waals surface area contributed by atoms with Gasteiger partial charge in [0.25, 0.3) is 5.92 Å². The van der Waals surface area contributed by atoms with Crippen molar-refractivity contribution >= 4 is 34.5 Å². The van der Waals surface area contributed by atoms with Gasteiger partial charge in [0.05, 0.1) is 24.8 Å². The number of nitrogens with one attached hydrogen (secondary N) is 2. The quantitative estimate of drug-likeness (QED) is 0.575. The highest BCUT2D eigenvalue weighted by molar-refractivity contribution is 5.88. The number of aryl methyl sites for hydroxylation is 1. The van der Waals surface area contributed by atoms with Gasteiger partial charge in [0, 0.05) is 25.8 Å². The van der Waals surface area contributed by atoms with E-state index in [4.69, 9.17) is 0 Å². The van der Waals surface area contributed by atoms with Crippen LogP contribution in [0.3, 0.4) is 0 Å². The molecule has 1 aliphatic rings. The molecule has 1 saturated heterocycles. The lowest BCUT2D eigenvalue weighted by atomic mass is 10.2. The van der Waals surface area contributed by atoms with Gasteiger partial charge in [0.15, 0.2) is 17.0 Å². The van der Waals surface area contributed by atoms with Gasteiger partial charge in [-0.05, 0) is 19.9 Å². The second-order valence-corrected chi connectivity index (χ2v) is 7.72. The molecule has 1 atom stereocenters. The van der Waals surface area contributed by atoms with E-state index in [1.165, 1.54) is 4.90 Å². The zero-order chi connectivity index (χ0) is 22.3. The summed E-state index contributed by atoms with van der Waals surface area (Å²) in [4.78, 5) is 26.4. The molecule has 1 fully saturated rings. The number of aromatic nitrogens is 6. The largest absolute Gasteiger partial charge is 0.342 e. The Bertz CT molecular complexity index is 1140. The summed E-state index contributed by atoms with van der Waals surface area (Å²) in [6.07, 6.45) is 6.00. The summed E-state index contributed by atoms with van der Waals surface area (Å²) in [6.45, 7) is 6.50. The lowest BCUT2D eigenvalue weighted by Crippen LogP contribution is -2.46. The number of amides is 1. The number of alkyl halides is 2. The number of carbonyl (C=O) groups excluding carboxylic acids is 1. The van der Waals surface area contributed by atoms with E-state index in [-0.39, 0.29) is 18.5 Å². The number of hydrogen-bond acceptors (Lipinski definition) is 7. The fourth-order valence-corrected chi connectivity index (χ4v) is 3.45. The molecule has 0 spiro atoms. The second-order valence-electron chi connectivity index (χ2n) is 7.72. The lowest BCUT2D eigenvalue weighted by Gasteiger charge is -2.17. The standard InChI is InChI=1S/C19H23F2N9O/c1-5-14(31)25-13-8-29(9-19(13,20)21)18-26-16(24-12-6-23-28(4)7-12)15-17(27-18)30(10-22-15)11(2)3/h5-7,10-11,13H,1,8-9H2,2-4H3,(H,25,31)(H,24,26,27)/t13-/m1/s1. The smallest absolute Gasteiger partial charge is 0.286 e. The van der Waals surface area contributed by atoms with Crippen molar-refractivity contribution in [2.24, 2.45) is 7.05 Å². The summed E-state index contributed by atoms with van der Waals surface area (Å²) in [5, 5.41) is 9.56. The molecule has 10 nitrogen and oxygen atoms in total. The number of rotatable bonds is 6. The Hall–Kier alpha value is -3.57. The highest BCUT2D eigenvalue weighted by atomic mass is 19.3. The normalized spacial score (nSPS) is 18.0. The molecule has 1 amide bonds. The summed E-state index contributed by atoms with van der Waals surface area (Å²) in [5.74, 6) is -3.29. The molecule has 2 N–H and O–H groups in total. The highest BCUT2D eigenvalue weighted by Gasteiger charge is 2.49. The van der Waals surface area contributed by atoms with Crippen LogP contribution in [-0.2, 0) is 11.8 Å². The molecule has 12 heteroatoms. The number of anilines is 3. The van der Waals surface area contributed by atoms with Gasteiger partial charge in [0.2, 0.25) is 11.9 Å². The van der Waals surface area contributed by atoms with Crippen LogP contribution in [0.25, 0.3) is 11.2 Å². The minimum absolute atomic E-state index is 0.0543. The number of halogens is 2. The Morgan fingerprint density at radius 2 is 2.16 bits per heavy atom. The van der Waals surface area contributed by atoms with E-state index in [1.807, 2.05) is 18.4 Å². The maximum Gasteiger partial charge on any atom is 0.286 e. The summed E-state index contributed by atoms with van der Waals surface area (Å²) in [5.41, 5.74) is 1.72. The molecule has 0 radical (unpaired) electrons. The van der Waals surface area contributed by atoms with Gasteiger partial charge in [0.1, 0.15) is 6.04 Å². The van der Waals surface area contributed by atoms with E-state index in [2.05, 4.69) is 37.3 Å². The number of fused-ring (bicyclic) bond motifs is 1. The Labute approximate surface area is 177 Å². The first kappa shape index (κ1) is 20.7. The monoisotopic (exact) mass is 431 g/mol. The molecule has 3 aromatic rings. The molecule has 31 heavy (non-hydrogen) atoms. The highest BCUT2D eigenvalue weighted by Crippen LogP contribution is 2.33. The average molecular weight is 431 g/mol. The van der Waals surface area contributed by atoms with Crippen molar-refractivity contribution < 1.29 is 13.6 Å². The molecule has 3 aromatic heterocycles. The van der Waals surface area contributed by atoms with Crippen molar-refractivity contribution in [1.29, 1.82) is 0 Å². The first-order valence-electron chi connectivity index (χ1n) is 9.74. The van der Waals surface area contributed by atoms with Crippen molar-refractivity contribution in [3.8, 4) is 0 Å². The third-order valence-corrected chi connectivity index (χ3v) is 5.03. The molecule has 0 bridgehead atoms. The number of nitrogens with zero attached hydrogens (tertiary/aromatic N) is 7.